The van der Waals surface area contributed by atoms with Gasteiger partial charge in [0.15, 0.2) is 0 Å². The van der Waals surface area contributed by atoms with Crippen molar-refractivity contribution < 1.29 is 9.84 Å². The van der Waals surface area contributed by atoms with Crippen LogP contribution in [-0.2, 0) is 13.0 Å². The highest BCUT2D eigenvalue weighted by atomic mass is 16.5. The minimum absolute atomic E-state index is 0.214. The van der Waals surface area contributed by atoms with E-state index < -0.39 is 6.10 Å². The molecule has 3 nitrogen and oxygen atoms in total. The van der Waals surface area contributed by atoms with Gasteiger partial charge in [0.05, 0.1) is 6.10 Å². The van der Waals surface area contributed by atoms with Crippen molar-refractivity contribution in [3.8, 4) is 5.75 Å². The van der Waals surface area contributed by atoms with E-state index in [0.29, 0.717) is 13.0 Å². The Balaban J connectivity index is 1.48. The van der Waals surface area contributed by atoms with Gasteiger partial charge < -0.3 is 15.6 Å². The summed E-state index contributed by atoms with van der Waals surface area (Å²) in [7, 11) is 0. The van der Waals surface area contributed by atoms with Crippen molar-refractivity contribution >= 4 is 0 Å². The SMILES string of the molecule is CCCCCCCCCCCCCCC[C@@H](O)[C@@H](N)Cc1ccc(OCc2ccccc2)cc1. The van der Waals surface area contributed by atoms with Gasteiger partial charge in [-0.15, -0.1) is 0 Å². The number of hydrogen-bond donors (Lipinski definition) is 2. The second-order valence-corrected chi connectivity index (χ2v) is 9.88. The summed E-state index contributed by atoms with van der Waals surface area (Å²) in [6.07, 6.45) is 18.5. The number of ether oxygens (including phenoxy) is 1. The minimum atomic E-state index is -0.429. The molecule has 0 bridgehead atoms. The largest absolute Gasteiger partial charge is 0.489 e. The number of hydrogen-bond acceptors (Lipinski definition) is 3. The maximum atomic E-state index is 10.5. The zero-order valence-corrected chi connectivity index (χ0v) is 21.6. The Morgan fingerprint density at radius 1 is 0.676 bits per heavy atom. The topological polar surface area (TPSA) is 55.5 Å². The molecule has 190 valence electrons. The lowest BCUT2D eigenvalue weighted by atomic mass is 9.97. The maximum Gasteiger partial charge on any atom is 0.119 e. The predicted molar refractivity (Wildman–Crippen MR) is 145 cm³/mol. The first-order valence-electron chi connectivity index (χ1n) is 13.9. The van der Waals surface area contributed by atoms with Crippen LogP contribution in [-0.4, -0.2) is 17.3 Å². The molecular formula is C31H49NO2. The monoisotopic (exact) mass is 467 g/mol. The molecule has 2 rings (SSSR count). The van der Waals surface area contributed by atoms with E-state index in [9.17, 15) is 5.11 Å². The molecule has 0 saturated heterocycles. The Kier molecular flexibility index (Phi) is 15.4. The van der Waals surface area contributed by atoms with Gasteiger partial charge in [-0.1, -0.05) is 133 Å². The number of benzene rings is 2. The highest BCUT2D eigenvalue weighted by molar-refractivity contribution is 5.28. The fourth-order valence-corrected chi connectivity index (χ4v) is 4.46. The third-order valence-electron chi connectivity index (χ3n) is 6.74. The van der Waals surface area contributed by atoms with E-state index in [1.807, 2.05) is 30.3 Å². The quantitative estimate of drug-likeness (QED) is 0.194. The number of aliphatic hydroxyl groups is 1. The van der Waals surface area contributed by atoms with E-state index in [1.165, 1.54) is 77.0 Å². The summed E-state index contributed by atoms with van der Waals surface area (Å²) >= 11 is 0. The Labute approximate surface area is 209 Å². The summed E-state index contributed by atoms with van der Waals surface area (Å²) in [6, 6.07) is 18.0. The van der Waals surface area contributed by atoms with Gasteiger partial charge in [0.25, 0.3) is 0 Å². The zero-order chi connectivity index (χ0) is 24.3. The summed E-state index contributed by atoms with van der Waals surface area (Å²) in [5.74, 6) is 0.855. The van der Waals surface area contributed by atoms with Crippen LogP contribution in [0.5, 0.6) is 5.75 Å². The third-order valence-corrected chi connectivity index (χ3v) is 6.74. The van der Waals surface area contributed by atoms with Crippen molar-refractivity contribution in [2.24, 2.45) is 5.73 Å². The fourth-order valence-electron chi connectivity index (χ4n) is 4.46. The number of rotatable bonds is 20. The van der Waals surface area contributed by atoms with Gasteiger partial charge in [0.2, 0.25) is 0 Å². The van der Waals surface area contributed by atoms with Gasteiger partial charge in [-0.3, -0.25) is 0 Å². The molecule has 0 spiro atoms. The molecule has 0 radical (unpaired) electrons. The summed E-state index contributed by atoms with van der Waals surface area (Å²) in [5.41, 5.74) is 8.59. The highest BCUT2D eigenvalue weighted by Gasteiger charge is 2.15. The van der Waals surface area contributed by atoms with Crippen molar-refractivity contribution in [2.45, 2.75) is 122 Å². The van der Waals surface area contributed by atoms with Crippen LogP contribution in [0.2, 0.25) is 0 Å². The van der Waals surface area contributed by atoms with E-state index in [1.54, 1.807) is 0 Å². The van der Waals surface area contributed by atoms with Crippen LogP contribution in [0.4, 0.5) is 0 Å². The molecule has 0 unspecified atom stereocenters. The Morgan fingerprint density at radius 2 is 1.21 bits per heavy atom. The van der Waals surface area contributed by atoms with Crippen LogP contribution in [0.1, 0.15) is 108 Å². The predicted octanol–water partition coefficient (Wildman–Crippen LogP) is 7.98. The molecule has 0 aliphatic carbocycles. The van der Waals surface area contributed by atoms with Crippen molar-refractivity contribution in [3.05, 3.63) is 65.7 Å². The van der Waals surface area contributed by atoms with E-state index in [0.717, 1.165) is 29.7 Å². The zero-order valence-electron chi connectivity index (χ0n) is 21.6. The number of nitrogens with two attached hydrogens (primary N) is 1. The maximum absolute atomic E-state index is 10.5. The highest BCUT2D eigenvalue weighted by Crippen LogP contribution is 2.17. The Morgan fingerprint density at radius 3 is 1.76 bits per heavy atom. The Hall–Kier alpha value is -1.84. The standard InChI is InChI=1S/C31H49NO2/c1-2-3-4-5-6-7-8-9-10-11-12-13-17-20-31(33)30(32)25-27-21-23-29(24-22-27)34-26-28-18-15-14-16-19-28/h14-16,18-19,21-24,30-31,33H,2-13,17,20,25-26,32H2,1H3/t30-,31+/m0/s1. The molecule has 3 N–H and O–H groups in total. The number of aliphatic hydroxyl groups excluding tert-OH is 1. The Bertz CT molecular complexity index is 716. The van der Waals surface area contributed by atoms with Gasteiger partial charge in [-0.2, -0.15) is 0 Å². The second-order valence-electron chi connectivity index (χ2n) is 9.88. The van der Waals surface area contributed by atoms with Crippen molar-refractivity contribution in [3.63, 3.8) is 0 Å². The van der Waals surface area contributed by atoms with E-state index >= 15 is 0 Å². The molecule has 2 aromatic carbocycles. The first kappa shape index (κ1) is 28.4. The molecule has 0 heterocycles. The molecule has 0 aromatic heterocycles. The van der Waals surface area contributed by atoms with Crippen LogP contribution >= 0.6 is 0 Å². The van der Waals surface area contributed by atoms with Crippen molar-refractivity contribution in [1.82, 2.24) is 0 Å². The summed E-state index contributed by atoms with van der Waals surface area (Å²) < 4.78 is 5.85. The number of unbranched alkanes of at least 4 members (excludes halogenated alkanes) is 12. The third kappa shape index (κ3) is 13.2. The first-order chi connectivity index (χ1) is 16.7. The van der Waals surface area contributed by atoms with E-state index in [2.05, 4.69) is 31.2 Å². The summed E-state index contributed by atoms with van der Waals surface area (Å²) in [4.78, 5) is 0. The van der Waals surface area contributed by atoms with Gasteiger partial charge in [0, 0.05) is 6.04 Å². The molecule has 0 aliphatic heterocycles. The second kappa shape index (κ2) is 18.5. The summed E-state index contributed by atoms with van der Waals surface area (Å²) in [5, 5.41) is 10.5. The van der Waals surface area contributed by atoms with Crippen LogP contribution in [0.3, 0.4) is 0 Å². The summed E-state index contributed by atoms with van der Waals surface area (Å²) in [6.45, 7) is 2.84. The lowest BCUT2D eigenvalue weighted by Gasteiger charge is -2.19. The first-order valence-corrected chi connectivity index (χ1v) is 13.9. The lowest BCUT2D eigenvalue weighted by Crippen LogP contribution is -2.36. The average molecular weight is 468 g/mol. The fraction of sp³-hybridized carbons (Fsp3) is 0.613. The van der Waals surface area contributed by atoms with Gasteiger partial charge >= 0.3 is 0 Å². The molecule has 0 fully saturated rings. The molecule has 2 atom stereocenters. The van der Waals surface area contributed by atoms with Crippen molar-refractivity contribution in [1.29, 1.82) is 0 Å². The smallest absolute Gasteiger partial charge is 0.119 e. The van der Waals surface area contributed by atoms with Gasteiger partial charge in [-0.25, -0.2) is 0 Å². The normalized spacial score (nSPS) is 13.0. The van der Waals surface area contributed by atoms with Gasteiger partial charge in [-0.05, 0) is 36.1 Å². The molecule has 0 saturated carbocycles. The van der Waals surface area contributed by atoms with Crippen LogP contribution in [0.25, 0.3) is 0 Å². The van der Waals surface area contributed by atoms with Crippen LogP contribution in [0.15, 0.2) is 54.6 Å². The minimum Gasteiger partial charge on any atom is -0.489 e. The van der Waals surface area contributed by atoms with Gasteiger partial charge in [0.1, 0.15) is 12.4 Å². The van der Waals surface area contributed by atoms with Crippen LogP contribution in [0, 0.1) is 0 Å². The molecule has 34 heavy (non-hydrogen) atoms. The van der Waals surface area contributed by atoms with E-state index in [-0.39, 0.29) is 6.04 Å². The molecule has 0 amide bonds. The molecule has 0 aliphatic rings. The van der Waals surface area contributed by atoms with E-state index in [4.69, 9.17) is 10.5 Å². The average Bonchev–Trinajstić information content (AvgIpc) is 2.87. The lowest BCUT2D eigenvalue weighted by molar-refractivity contribution is 0.131. The van der Waals surface area contributed by atoms with Crippen molar-refractivity contribution in [2.75, 3.05) is 0 Å². The molecule has 3 heteroatoms. The molecule has 2 aromatic rings. The molecular weight excluding hydrogens is 418 g/mol. The van der Waals surface area contributed by atoms with Crippen LogP contribution < -0.4 is 10.5 Å².